The first kappa shape index (κ1) is 24.7. The fourth-order valence-electron chi connectivity index (χ4n) is 3.75. The molecule has 0 bridgehead atoms. The van der Waals surface area contributed by atoms with Gasteiger partial charge in [-0.3, -0.25) is 4.98 Å². The van der Waals surface area contributed by atoms with Gasteiger partial charge in [0.15, 0.2) is 5.76 Å². The second-order valence-corrected chi connectivity index (χ2v) is 9.30. The predicted molar refractivity (Wildman–Crippen MR) is 146 cm³/mol. The van der Waals surface area contributed by atoms with Crippen molar-refractivity contribution in [2.45, 2.75) is 13.2 Å². The van der Waals surface area contributed by atoms with E-state index in [1.807, 2.05) is 48.5 Å². The molecule has 0 radical (unpaired) electrons. The molecule has 0 aliphatic carbocycles. The summed E-state index contributed by atoms with van der Waals surface area (Å²) in [5, 5.41) is 7.55. The summed E-state index contributed by atoms with van der Waals surface area (Å²) in [6.45, 7) is 1.89. The van der Waals surface area contributed by atoms with Crippen molar-refractivity contribution in [2.24, 2.45) is 0 Å². The molecule has 5 aromatic rings. The molecule has 0 fully saturated rings. The Bertz CT molecular complexity index is 1480. The van der Waals surface area contributed by atoms with Crippen molar-refractivity contribution in [1.82, 2.24) is 20.3 Å². The van der Waals surface area contributed by atoms with Crippen LogP contribution in [0.5, 0.6) is 5.75 Å². The highest BCUT2D eigenvalue weighted by Crippen LogP contribution is 2.28. The molecular weight excluding hydrogens is 489 g/mol. The first-order chi connectivity index (χ1) is 18.2. The van der Waals surface area contributed by atoms with E-state index in [0.29, 0.717) is 36.2 Å². The number of ether oxygens (including phenoxy) is 1. The number of benzene rings is 2. The standard InChI is InChI=1S/C28H26FN5O2S/c1-37-12-11-30-15-23-9-10-27(36-23)25-14-24-26(16-31-25)32-18-33-28(24)34-21-5-7-22(8-6-21)35-17-19-3-2-4-20(29)13-19/h2-10,13-14,16,18,30H,11-12,15,17H2,1H3,(H,32,33,34). The zero-order valence-corrected chi connectivity index (χ0v) is 21.1. The summed E-state index contributed by atoms with van der Waals surface area (Å²) in [7, 11) is 0. The monoisotopic (exact) mass is 515 g/mol. The Morgan fingerprint density at radius 2 is 1.89 bits per heavy atom. The molecule has 3 heterocycles. The van der Waals surface area contributed by atoms with Gasteiger partial charge in [0, 0.05) is 23.4 Å². The number of hydrogen-bond donors (Lipinski definition) is 2. The number of anilines is 2. The van der Waals surface area contributed by atoms with E-state index in [-0.39, 0.29) is 5.82 Å². The maximum atomic E-state index is 13.4. The molecule has 2 aromatic carbocycles. The number of aromatic nitrogens is 3. The molecule has 0 saturated heterocycles. The Kier molecular flexibility index (Phi) is 7.93. The topological polar surface area (TPSA) is 85.1 Å². The molecule has 37 heavy (non-hydrogen) atoms. The number of halogens is 1. The van der Waals surface area contributed by atoms with Gasteiger partial charge in [-0.15, -0.1) is 0 Å². The van der Waals surface area contributed by atoms with Crippen LogP contribution < -0.4 is 15.4 Å². The zero-order chi connectivity index (χ0) is 25.5. The lowest BCUT2D eigenvalue weighted by molar-refractivity contribution is 0.305. The minimum absolute atomic E-state index is 0.276. The Hall–Kier alpha value is -3.95. The van der Waals surface area contributed by atoms with Crippen LogP contribution in [0.3, 0.4) is 0 Å². The number of thioether (sulfide) groups is 1. The molecule has 0 aliphatic rings. The number of pyridine rings is 1. The Morgan fingerprint density at radius 1 is 1.00 bits per heavy atom. The molecule has 0 spiro atoms. The summed E-state index contributed by atoms with van der Waals surface area (Å²) in [6, 6.07) is 19.7. The van der Waals surface area contributed by atoms with Crippen molar-refractivity contribution in [3.63, 3.8) is 0 Å². The molecular formula is C28H26FN5O2S. The van der Waals surface area contributed by atoms with Crippen LogP contribution in [-0.2, 0) is 13.2 Å². The van der Waals surface area contributed by atoms with E-state index in [4.69, 9.17) is 9.15 Å². The van der Waals surface area contributed by atoms with E-state index in [1.165, 1.54) is 18.5 Å². The third kappa shape index (κ3) is 6.44. The second kappa shape index (κ2) is 11.9. The quantitative estimate of drug-likeness (QED) is 0.201. The van der Waals surface area contributed by atoms with E-state index in [2.05, 4.69) is 31.8 Å². The SMILES string of the molecule is CSCCNCc1ccc(-c2cc3c(Nc4ccc(OCc5cccc(F)c5)cc4)ncnc3cn2)o1. The van der Waals surface area contributed by atoms with Crippen LogP contribution in [0, 0.1) is 5.82 Å². The van der Waals surface area contributed by atoms with Crippen LogP contribution in [0.1, 0.15) is 11.3 Å². The third-order valence-electron chi connectivity index (χ3n) is 5.63. The lowest BCUT2D eigenvalue weighted by atomic mass is 10.2. The molecule has 188 valence electrons. The Balaban J connectivity index is 1.28. The van der Waals surface area contributed by atoms with Gasteiger partial charge in [-0.25, -0.2) is 14.4 Å². The lowest BCUT2D eigenvalue weighted by Crippen LogP contribution is -2.15. The molecule has 0 atom stereocenters. The van der Waals surface area contributed by atoms with Crippen molar-refractivity contribution >= 4 is 34.2 Å². The van der Waals surface area contributed by atoms with Crippen LogP contribution in [0.25, 0.3) is 22.4 Å². The van der Waals surface area contributed by atoms with Gasteiger partial charge in [0.05, 0.1) is 18.3 Å². The average molecular weight is 516 g/mol. The number of rotatable bonds is 11. The highest BCUT2D eigenvalue weighted by atomic mass is 32.2. The van der Waals surface area contributed by atoms with Gasteiger partial charge in [0.25, 0.3) is 0 Å². The summed E-state index contributed by atoms with van der Waals surface area (Å²) in [4.78, 5) is 13.3. The molecule has 3 aromatic heterocycles. The predicted octanol–water partition coefficient (Wildman–Crippen LogP) is 6.20. The lowest BCUT2D eigenvalue weighted by Gasteiger charge is -2.10. The third-order valence-corrected chi connectivity index (χ3v) is 6.24. The normalized spacial score (nSPS) is 11.1. The van der Waals surface area contributed by atoms with Crippen molar-refractivity contribution in [3.05, 3.63) is 96.4 Å². The van der Waals surface area contributed by atoms with E-state index in [0.717, 1.165) is 40.2 Å². The average Bonchev–Trinajstić information content (AvgIpc) is 3.40. The number of hydrogen-bond acceptors (Lipinski definition) is 8. The van der Waals surface area contributed by atoms with Gasteiger partial charge in [0.1, 0.15) is 41.8 Å². The van der Waals surface area contributed by atoms with Crippen molar-refractivity contribution in [1.29, 1.82) is 0 Å². The summed E-state index contributed by atoms with van der Waals surface area (Å²) in [5.74, 6) is 3.68. The summed E-state index contributed by atoms with van der Waals surface area (Å²) in [6.07, 6.45) is 5.32. The molecule has 2 N–H and O–H groups in total. The fraction of sp³-hybridized carbons (Fsp3) is 0.179. The molecule has 0 unspecified atom stereocenters. The minimum atomic E-state index is -0.276. The number of furan rings is 1. The van der Waals surface area contributed by atoms with Crippen LogP contribution in [0.2, 0.25) is 0 Å². The molecule has 5 rings (SSSR count). The molecule has 0 amide bonds. The van der Waals surface area contributed by atoms with Gasteiger partial charge >= 0.3 is 0 Å². The zero-order valence-electron chi connectivity index (χ0n) is 20.3. The first-order valence-electron chi connectivity index (χ1n) is 11.8. The second-order valence-electron chi connectivity index (χ2n) is 8.31. The molecule has 9 heteroatoms. The highest BCUT2D eigenvalue weighted by molar-refractivity contribution is 7.98. The van der Waals surface area contributed by atoms with Crippen molar-refractivity contribution < 1.29 is 13.5 Å². The van der Waals surface area contributed by atoms with Gasteiger partial charge in [0.2, 0.25) is 0 Å². The fourth-order valence-corrected chi connectivity index (χ4v) is 4.10. The van der Waals surface area contributed by atoms with Crippen LogP contribution in [-0.4, -0.2) is 33.5 Å². The maximum absolute atomic E-state index is 13.4. The van der Waals surface area contributed by atoms with Gasteiger partial charge in [-0.2, -0.15) is 11.8 Å². The minimum Gasteiger partial charge on any atom is -0.489 e. The highest BCUT2D eigenvalue weighted by Gasteiger charge is 2.11. The smallest absolute Gasteiger partial charge is 0.152 e. The molecule has 0 saturated carbocycles. The summed E-state index contributed by atoms with van der Waals surface area (Å²) >= 11 is 1.81. The first-order valence-corrected chi connectivity index (χ1v) is 13.2. The number of nitrogens with one attached hydrogen (secondary N) is 2. The molecule has 0 aliphatic heterocycles. The van der Waals surface area contributed by atoms with Gasteiger partial charge in [-0.05, 0) is 66.4 Å². The van der Waals surface area contributed by atoms with Crippen LogP contribution >= 0.6 is 11.8 Å². The van der Waals surface area contributed by atoms with E-state index in [9.17, 15) is 4.39 Å². The number of nitrogens with zero attached hydrogens (tertiary/aromatic N) is 3. The largest absolute Gasteiger partial charge is 0.489 e. The van der Waals surface area contributed by atoms with Gasteiger partial charge < -0.3 is 19.8 Å². The van der Waals surface area contributed by atoms with E-state index in [1.54, 1.807) is 24.0 Å². The van der Waals surface area contributed by atoms with E-state index < -0.39 is 0 Å². The summed E-state index contributed by atoms with van der Waals surface area (Å²) < 4.78 is 25.2. The van der Waals surface area contributed by atoms with Crippen LogP contribution in [0.4, 0.5) is 15.9 Å². The molecule has 7 nitrogen and oxygen atoms in total. The van der Waals surface area contributed by atoms with Crippen molar-refractivity contribution in [3.8, 4) is 17.2 Å². The van der Waals surface area contributed by atoms with Crippen LogP contribution in [0.15, 0.2) is 83.7 Å². The maximum Gasteiger partial charge on any atom is 0.152 e. The summed E-state index contributed by atoms with van der Waals surface area (Å²) in [5.41, 5.74) is 3.05. The Morgan fingerprint density at radius 3 is 2.73 bits per heavy atom. The van der Waals surface area contributed by atoms with Crippen molar-refractivity contribution in [2.75, 3.05) is 23.9 Å². The Labute approximate surface area is 218 Å². The van der Waals surface area contributed by atoms with Gasteiger partial charge in [-0.1, -0.05) is 12.1 Å². The van der Waals surface area contributed by atoms with E-state index >= 15 is 0 Å². The number of fused-ring (bicyclic) bond motifs is 1.